The van der Waals surface area contributed by atoms with Gasteiger partial charge in [0.25, 0.3) is 5.91 Å². The highest BCUT2D eigenvalue weighted by Gasteiger charge is 2.23. The Morgan fingerprint density at radius 3 is 3.14 bits per heavy atom. The molecule has 1 atom stereocenters. The highest BCUT2D eigenvalue weighted by Crippen LogP contribution is 2.32. The maximum absolute atomic E-state index is 11.6. The third-order valence-corrected chi connectivity index (χ3v) is 3.50. The van der Waals surface area contributed by atoms with Crippen molar-refractivity contribution < 1.29 is 9.53 Å². The van der Waals surface area contributed by atoms with E-state index in [2.05, 4.69) is 27.1 Å². The van der Waals surface area contributed by atoms with E-state index in [0.29, 0.717) is 18.0 Å². The van der Waals surface area contributed by atoms with Gasteiger partial charge in [-0.3, -0.25) is 4.79 Å². The van der Waals surface area contributed by atoms with E-state index in [1.807, 2.05) is 24.4 Å². The Balaban J connectivity index is 1.73. The van der Waals surface area contributed by atoms with Crippen LogP contribution in [0, 0.1) is 0 Å². The van der Waals surface area contributed by atoms with Gasteiger partial charge in [-0.15, -0.1) is 0 Å². The fourth-order valence-corrected chi connectivity index (χ4v) is 2.30. The van der Waals surface area contributed by atoms with E-state index in [-0.39, 0.29) is 5.91 Å². The molecule has 21 heavy (non-hydrogen) atoms. The molecule has 6 heteroatoms. The molecule has 0 aliphatic carbocycles. The van der Waals surface area contributed by atoms with Gasteiger partial charge in [-0.25, -0.2) is 4.98 Å². The number of fused-ring (bicyclic) bond motifs is 1. The fraction of sp³-hybridized carbons (Fsp3) is 0.333. The Kier molecular flexibility index (Phi) is 3.51. The summed E-state index contributed by atoms with van der Waals surface area (Å²) < 4.78 is 7.61. The van der Waals surface area contributed by atoms with Crippen LogP contribution < -0.4 is 15.4 Å². The van der Waals surface area contributed by atoms with Crippen molar-refractivity contribution in [3.63, 3.8) is 0 Å². The lowest BCUT2D eigenvalue weighted by atomic mass is 10.2. The van der Waals surface area contributed by atoms with Gasteiger partial charge in [-0.05, 0) is 32.0 Å². The van der Waals surface area contributed by atoms with Crippen molar-refractivity contribution in [2.75, 3.05) is 10.6 Å². The lowest BCUT2D eigenvalue weighted by Gasteiger charge is -2.23. The molecule has 2 heterocycles. The summed E-state index contributed by atoms with van der Waals surface area (Å²) in [5.74, 6) is 1.55. The summed E-state index contributed by atoms with van der Waals surface area (Å²) in [5.41, 5.74) is 1.61. The van der Waals surface area contributed by atoms with Gasteiger partial charge >= 0.3 is 0 Å². The number of carbonyl (C=O) groups is 1. The molecule has 0 spiro atoms. The summed E-state index contributed by atoms with van der Waals surface area (Å²) in [6.45, 7) is 5.33. The highest BCUT2D eigenvalue weighted by atomic mass is 16.5. The molecule has 110 valence electrons. The number of ether oxygens (including phenoxy) is 1. The summed E-state index contributed by atoms with van der Waals surface area (Å²) in [6, 6.07) is 5.67. The van der Waals surface area contributed by atoms with Crippen LogP contribution in [-0.2, 0) is 17.9 Å². The molecule has 0 saturated heterocycles. The molecule has 1 aliphatic rings. The number of rotatable bonds is 4. The third-order valence-electron chi connectivity index (χ3n) is 3.50. The van der Waals surface area contributed by atoms with Gasteiger partial charge in [0.1, 0.15) is 11.6 Å². The molecule has 2 N–H and O–H groups in total. The number of hydrogen-bond donors (Lipinski definition) is 2. The van der Waals surface area contributed by atoms with E-state index in [1.165, 1.54) is 0 Å². The summed E-state index contributed by atoms with van der Waals surface area (Å²) in [7, 11) is 0. The number of nitrogens with one attached hydrogen (secondary N) is 2. The minimum Gasteiger partial charge on any atom is -0.479 e. The Bertz CT molecular complexity index is 665. The zero-order chi connectivity index (χ0) is 14.8. The van der Waals surface area contributed by atoms with E-state index in [4.69, 9.17) is 4.74 Å². The Hall–Kier alpha value is -2.50. The van der Waals surface area contributed by atoms with Gasteiger partial charge in [-0.2, -0.15) is 0 Å². The second-order valence-electron chi connectivity index (χ2n) is 4.94. The Morgan fingerprint density at radius 1 is 1.48 bits per heavy atom. The summed E-state index contributed by atoms with van der Waals surface area (Å²) in [4.78, 5) is 15.9. The molecule has 0 fully saturated rings. The highest BCUT2D eigenvalue weighted by molar-refractivity contribution is 5.98. The quantitative estimate of drug-likeness (QED) is 0.904. The van der Waals surface area contributed by atoms with Crippen LogP contribution in [0.1, 0.15) is 19.7 Å². The van der Waals surface area contributed by atoms with Gasteiger partial charge < -0.3 is 19.9 Å². The standard InChI is InChI=1S/C15H18N4O2/c1-3-19-7-6-16-14(19)9-17-11-4-5-13-12(8-11)18-15(20)10(2)21-13/h4-8,10,17H,3,9H2,1-2H3,(H,18,20). The molecule has 1 aliphatic heterocycles. The van der Waals surface area contributed by atoms with Crippen molar-refractivity contribution in [2.45, 2.75) is 33.0 Å². The SMILES string of the molecule is CCn1ccnc1CNc1ccc2c(c1)NC(=O)C(C)O2. The topological polar surface area (TPSA) is 68.2 Å². The second kappa shape index (κ2) is 5.47. The molecule has 0 bridgehead atoms. The van der Waals surface area contributed by atoms with Crippen molar-refractivity contribution in [1.82, 2.24) is 9.55 Å². The first kappa shape index (κ1) is 13.5. The van der Waals surface area contributed by atoms with Crippen LogP contribution in [-0.4, -0.2) is 21.6 Å². The predicted octanol–water partition coefficient (Wildman–Crippen LogP) is 2.23. The number of aromatic nitrogens is 2. The molecule has 3 rings (SSSR count). The van der Waals surface area contributed by atoms with Gasteiger partial charge in [0.15, 0.2) is 6.10 Å². The van der Waals surface area contributed by atoms with Gasteiger partial charge in [-0.1, -0.05) is 0 Å². The number of amides is 1. The molecule has 1 amide bonds. The first-order chi connectivity index (χ1) is 10.2. The van der Waals surface area contributed by atoms with E-state index >= 15 is 0 Å². The van der Waals surface area contributed by atoms with E-state index in [0.717, 1.165) is 18.1 Å². The van der Waals surface area contributed by atoms with Crippen LogP contribution in [0.3, 0.4) is 0 Å². The molecule has 1 aromatic heterocycles. The Morgan fingerprint density at radius 2 is 2.33 bits per heavy atom. The molecule has 0 radical (unpaired) electrons. The minimum absolute atomic E-state index is 0.124. The van der Waals surface area contributed by atoms with Crippen LogP contribution in [0.4, 0.5) is 11.4 Å². The van der Waals surface area contributed by atoms with Crippen molar-refractivity contribution in [3.8, 4) is 5.75 Å². The fourth-order valence-electron chi connectivity index (χ4n) is 2.30. The zero-order valence-electron chi connectivity index (χ0n) is 12.1. The normalized spacial score (nSPS) is 16.9. The first-order valence-corrected chi connectivity index (χ1v) is 7.03. The summed E-state index contributed by atoms with van der Waals surface area (Å²) in [5, 5.41) is 6.15. The Labute approximate surface area is 123 Å². The number of nitrogens with zero attached hydrogens (tertiary/aromatic N) is 2. The van der Waals surface area contributed by atoms with Gasteiger partial charge in [0, 0.05) is 24.6 Å². The van der Waals surface area contributed by atoms with Crippen LogP contribution in [0.15, 0.2) is 30.6 Å². The monoisotopic (exact) mass is 286 g/mol. The van der Waals surface area contributed by atoms with E-state index in [1.54, 1.807) is 13.1 Å². The summed E-state index contributed by atoms with van der Waals surface area (Å²) in [6.07, 6.45) is 3.30. The number of aryl methyl sites for hydroxylation is 1. The lowest BCUT2D eigenvalue weighted by molar-refractivity contribution is -0.122. The molecule has 0 saturated carbocycles. The van der Waals surface area contributed by atoms with E-state index in [9.17, 15) is 4.79 Å². The first-order valence-electron chi connectivity index (χ1n) is 7.03. The van der Waals surface area contributed by atoms with Crippen LogP contribution in [0.25, 0.3) is 0 Å². The molecule has 6 nitrogen and oxygen atoms in total. The van der Waals surface area contributed by atoms with Crippen LogP contribution in [0.5, 0.6) is 5.75 Å². The average molecular weight is 286 g/mol. The number of hydrogen-bond acceptors (Lipinski definition) is 4. The van der Waals surface area contributed by atoms with E-state index < -0.39 is 6.10 Å². The van der Waals surface area contributed by atoms with Gasteiger partial charge in [0.05, 0.1) is 12.2 Å². The number of imidazole rings is 1. The van der Waals surface area contributed by atoms with Gasteiger partial charge in [0.2, 0.25) is 0 Å². The molecular weight excluding hydrogens is 268 g/mol. The number of carbonyl (C=O) groups excluding carboxylic acids is 1. The zero-order valence-corrected chi connectivity index (χ0v) is 12.1. The van der Waals surface area contributed by atoms with Crippen molar-refractivity contribution >= 4 is 17.3 Å². The van der Waals surface area contributed by atoms with Crippen LogP contribution in [0.2, 0.25) is 0 Å². The third kappa shape index (κ3) is 2.69. The smallest absolute Gasteiger partial charge is 0.265 e. The molecule has 1 unspecified atom stereocenters. The molecule has 1 aromatic carbocycles. The van der Waals surface area contributed by atoms with Crippen molar-refractivity contribution in [2.24, 2.45) is 0 Å². The lowest BCUT2D eigenvalue weighted by Crippen LogP contribution is -2.34. The maximum atomic E-state index is 11.6. The summed E-state index contributed by atoms with van der Waals surface area (Å²) >= 11 is 0. The molecule has 2 aromatic rings. The van der Waals surface area contributed by atoms with Crippen molar-refractivity contribution in [1.29, 1.82) is 0 Å². The number of anilines is 2. The van der Waals surface area contributed by atoms with Crippen molar-refractivity contribution in [3.05, 3.63) is 36.4 Å². The average Bonchev–Trinajstić information content (AvgIpc) is 2.94. The second-order valence-corrected chi connectivity index (χ2v) is 4.94. The largest absolute Gasteiger partial charge is 0.479 e. The maximum Gasteiger partial charge on any atom is 0.265 e. The predicted molar refractivity (Wildman–Crippen MR) is 80.4 cm³/mol. The molecular formula is C15H18N4O2. The van der Waals surface area contributed by atoms with Crippen LogP contribution >= 0.6 is 0 Å². The minimum atomic E-state index is -0.451. The number of benzene rings is 1.